The lowest BCUT2D eigenvalue weighted by Crippen LogP contribution is -2.21. The second-order valence-corrected chi connectivity index (χ2v) is 8.30. The molecule has 2 aromatic rings. The largest absolute Gasteiger partial charge is 0.376 e. The highest BCUT2D eigenvalue weighted by Gasteiger charge is 2.25. The third-order valence-corrected chi connectivity index (χ3v) is 5.32. The van der Waals surface area contributed by atoms with E-state index in [-0.39, 0.29) is 0 Å². The molecule has 3 rings (SSSR count). The minimum atomic E-state index is 0.630. The summed E-state index contributed by atoms with van der Waals surface area (Å²) in [6, 6.07) is 10.9. The van der Waals surface area contributed by atoms with Gasteiger partial charge in [-0.25, -0.2) is 0 Å². The van der Waals surface area contributed by atoms with Gasteiger partial charge in [0.1, 0.15) is 0 Å². The van der Waals surface area contributed by atoms with Crippen molar-refractivity contribution in [2.24, 2.45) is 5.92 Å². The Bertz CT molecular complexity index is 751. The van der Waals surface area contributed by atoms with Gasteiger partial charge in [-0.15, -0.1) is 0 Å². The summed E-state index contributed by atoms with van der Waals surface area (Å²) in [5, 5.41) is 3.68. The van der Waals surface area contributed by atoms with Gasteiger partial charge in [0.2, 0.25) is 0 Å². The zero-order valence-corrected chi connectivity index (χ0v) is 16.3. The van der Waals surface area contributed by atoms with Crippen LogP contribution in [-0.4, -0.2) is 28.2 Å². The number of anilines is 4. The summed E-state index contributed by atoms with van der Waals surface area (Å²) in [5.41, 5.74) is 6.43. The van der Waals surface area contributed by atoms with Crippen LogP contribution in [0.5, 0.6) is 0 Å². The minimum absolute atomic E-state index is 0.630. The topological polar surface area (TPSA) is 18.5 Å². The molecule has 2 aromatic carbocycles. The van der Waals surface area contributed by atoms with Crippen LogP contribution in [0, 0.1) is 5.92 Å². The number of nitrogens with one attached hydrogen (secondary N) is 1. The van der Waals surface area contributed by atoms with Crippen molar-refractivity contribution in [1.82, 2.24) is 0 Å². The number of hydrogen-bond acceptors (Lipinski definition) is 4. The summed E-state index contributed by atoms with van der Waals surface area (Å²) >= 11 is 1.87. The molecule has 1 N–H and O–H groups in total. The molecule has 0 spiro atoms. The van der Waals surface area contributed by atoms with E-state index in [0.717, 1.165) is 6.42 Å². The van der Waals surface area contributed by atoms with E-state index < -0.39 is 0 Å². The van der Waals surface area contributed by atoms with Gasteiger partial charge in [-0.2, -0.15) is 0 Å². The second-order valence-electron chi connectivity index (χ2n) is 7.22. The maximum Gasteiger partial charge on any atom is 0.0852 e. The van der Waals surface area contributed by atoms with Gasteiger partial charge in [0.05, 0.1) is 22.7 Å². The van der Waals surface area contributed by atoms with Gasteiger partial charge >= 0.3 is 0 Å². The Labute approximate surface area is 150 Å². The molecule has 0 bridgehead atoms. The molecule has 0 atom stereocenters. The van der Waals surface area contributed by atoms with Crippen LogP contribution in [0.1, 0.15) is 19.4 Å². The van der Waals surface area contributed by atoms with Crippen molar-refractivity contribution < 1.29 is 0 Å². The quantitative estimate of drug-likeness (QED) is 0.700. The number of rotatable bonds is 4. The molecule has 4 heteroatoms. The third-order valence-electron chi connectivity index (χ3n) is 4.21. The number of hydrogen-bond donors (Lipinski definition) is 1. The van der Waals surface area contributed by atoms with E-state index in [1.54, 1.807) is 0 Å². The molecule has 0 aromatic heterocycles. The van der Waals surface area contributed by atoms with Crippen LogP contribution < -0.4 is 15.1 Å². The number of nitrogens with zero attached hydrogens (tertiary/aromatic N) is 2. The molecule has 0 fully saturated rings. The van der Waals surface area contributed by atoms with Crippen molar-refractivity contribution in [3.63, 3.8) is 0 Å². The molecular formula is C20H27N3S. The van der Waals surface area contributed by atoms with Crippen LogP contribution in [0.2, 0.25) is 0 Å². The van der Waals surface area contributed by atoms with E-state index in [0.29, 0.717) is 5.92 Å². The summed E-state index contributed by atoms with van der Waals surface area (Å²) in [6.07, 6.45) is 1.09. The summed E-state index contributed by atoms with van der Waals surface area (Å²) in [4.78, 5) is 7.10. The second kappa shape index (κ2) is 6.60. The van der Waals surface area contributed by atoms with Crippen molar-refractivity contribution in [2.75, 3.05) is 43.3 Å². The summed E-state index contributed by atoms with van der Waals surface area (Å²) in [5.74, 6) is 0.630. The maximum atomic E-state index is 3.68. The first-order valence-electron chi connectivity index (χ1n) is 8.47. The predicted molar refractivity (Wildman–Crippen MR) is 107 cm³/mol. The van der Waals surface area contributed by atoms with Gasteiger partial charge in [0.15, 0.2) is 0 Å². The summed E-state index contributed by atoms with van der Waals surface area (Å²) < 4.78 is 0. The van der Waals surface area contributed by atoms with Gasteiger partial charge in [0, 0.05) is 38.0 Å². The molecule has 1 aliphatic heterocycles. The minimum Gasteiger partial charge on any atom is -0.376 e. The molecule has 0 unspecified atom stereocenters. The highest BCUT2D eigenvalue weighted by molar-refractivity contribution is 7.99. The molecule has 1 aliphatic rings. The Morgan fingerprint density at radius 2 is 1.62 bits per heavy atom. The standard InChI is InChI=1S/C20H27N3S/c1-13(2)11-14-12-17-18(20(23(5)6)19(14)22(3)4)21-15-9-7-8-10-16(15)24-17/h7-10,12-13,21H,11H2,1-6H3. The number of benzene rings is 2. The first kappa shape index (κ1) is 17.0. The SMILES string of the molecule is CC(C)Cc1cc2c(c(N(C)C)c1N(C)C)Nc1ccccc1S2. The lowest BCUT2D eigenvalue weighted by atomic mass is 9.98. The van der Waals surface area contributed by atoms with Crippen LogP contribution in [0.4, 0.5) is 22.7 Å². The van der Waals surface area contributed by atoms with Gasteiger partial charge in [0.25, 0.3) is 0 Å². The van der Waals surface area contributed by atoms with Gasteiger partial charge in [-0.3, -0.25) is 0 Å². The molecule has 0 radical (unpaired) electrons. The first-order valence-corrected chi connectivity index (χ1v) is 9.28. The number of para-hydroxylation sites is 1. The normalized spacial score (nSPS) is 12.5. The van der Waals surface area contributed by atoms with E-state index in [1.807, 2.05) is 11.8 Å². The third kappa shape index (κ3) is 3.07. The van der Waals surface area contributed by atoms with Gasteiger partial charge < -0.3 is 15.1 Å². The van der Waals surface area contributed by atoms with E-state index in [2.05, 4.69) is 87.5 Å². The smallest absolute Gasteiger partial charge is 0.0852 e. The van der Waals surface area contributed by atoms with Crippen molar-refractivity contribution in [2.45, 2.75) is 30.1 Å². The molecular weight excluding hydrogens is 314 g/mol. The van der Waals surface area contributed by atoms with Crippen molar-refractivity contribution >= 4 is 34.5 Å². The van der Waals surface area contributed by atoms with E-state index in [4.69, 9.17) is 0 Å². The Hall–Kier alpha value is -1.81. The van der Waals surface area contributed by atoms with Crippen molar-refractivity contribution in [3.05, 3.63) is 35.9 Å². The fourth-order valence-corrected chi connectivity index (χ4v) is 4.39. The molecule has 24 heavy (non-hydrogen) atoms. The lowest BCUT2D eigenvalue weighted by molar-refractivity contribution is 0.646. The monoisotopic (exact) mass is 341 g/mol. The van der Waals surface area contributed by atoms with Crippen LogP contribution in [0.15, 0.2) is 40.1 Å². The van der Waals surface area contributed by atoms with Gasteiger partial charge in [-0.05, 0) is 36.1 Å². The van der Waals surface area contributed by atoms with E-state index in [9.17, 15) is 0 Å². The van der Waals surface area contributed by atoms with Crippen LogP contribution >= 0.6 is 11.8 Å². The first-order chi connectivity index (χ1) is 11.4. The fourth-order valence-electron chi connectivity index (χ4n) is 3.33. The van der Waals surface area contributed by atoms with Crippen molar-refractivity contribution in [3.8, 4) is 0 Å². The fraction of sp³-hybridized carbons (Fsp3) is 0.400. The molecule has 0 aliphatic carbocycles. The van der Waals surface area contributed by atoms with Crippen molar-refractivity contribution in [1.29, 1.82) is 0 Å². The van der Waals surface area contributed by atoms with Crippen LogP contribution in [0.3, 0.4) is 0 Å². The Morgan fingerprint density at radius 3 is 2.25 bits per heavy atom. The zero-order valence-electron chi connectivity index (χ0n) is 15.5. The van der Waals surface area contributed by atoms with E-state index >= 15 is 0 Å². The van der Waals surface area contributed by atoms with Gasteiger partial charge in [-0.1, -0.05) is 37.7 Å². The maximum absolute atomic E-state index is 3.68. The summed E-state index contributed by atoms with van der Waals surface area (Å²) in [6.45, 7) is 4.57. The molecule has 128 valence electrons. The molecule has 0 saturated carbocycles. The molecule has 3 nitrogen and oxygen atoms in total. The highest BCUT2D eigenvalue weighted by Crippen LogP contribution is 2.52. The van der Waals surface area contributed by atoms with Crippen LogP contribution in [-0.2, 0) is 6.42 Å². The van der Waals surface area contributed by atoms with Crippen LogP contribution in [0.25, 0.3) is 0 Å². The average molecular weight is 342 g/mol. The Balaban J connectivity index is 2.22. The molecule has 0 saturated heterocycles. The molecule has 1 heterocycles. The zero-order chi connectivity index (χ0) is 17.4. The average Bonchev–Trinajstić information content (AvgIpc) is 2.50. The highest BCUT2D eigenvalue weighted by atomic mass is 32.2. The Kier molecular flexibility index (Phi) is 4.68. The molecule has 0 amide bonds. The Morgan fingerprint density at radius 1 is 0.958 bits per heavy atom. The summed E-state index contributed by atoms with van der Waals surface area (Å²) in [7, 11) is 8.55. The number of fused-ring (bicyclic) bond motifs is 2. The van der Waals surface area contributed by atoms with E-state index in [1.165, 1.54) is 38.1 Å². The predicted octanol–water partition coefficient (Wildman–Crippen LogP) is 5.23. The lowest BCUT2D eigenvalue weighted by Gasteiger charge is -2.32.